The van der Waals surface area contributed by atoms with Crippen LogP contribution in [0.2, 0.25) is 0 Å². The van der Waals surface area contributed by atoms with Gasteiger partial charge in [-0.2, -0.15) is 0 Å². The monoisotopic (exact) mass is 454 g/mol. The lowest BCUT2D eigenvalue weighted by atomic mass is 10.1. The highest BCUT2D eigenvalue weighted by Crippen LogP contribution is 2.20. The molecule has 0 aliphatic carbocycles. The molecule has 174 valence electrons. The molecule has 1 amide bonds. The number of aromatic nitrogens is 3. The molecule has 2 aromatic heterocycles. The van der Waals surface area contributed by atoms with E-state index in [9.17, 15) is 19.2 Å². The van der Waals surface area contributed by atoms with Crippen LogP contribution in [-0.2, 0) is 21.3 Å². The number of hydrogen-bond acceptors (Lipinski definition) is 6. The minimum Gasteiger partial charge on any atom is -0.461 e. The fourth-order valence-electron chi connectivity index (χ4n) is 3.55. The standard InChI is InChI=1S/C23H26N4O6/c1-6-32-23(31)19-13(2)18(14(3)24-19)22(30)33-12-17(28)25-20-15(4)26(5)27(21(20)29)16-10-8-7-9-11-16/h7-11,24H,6,12H2,1-5H3,(H,25,28). The number of aryl methyl sites for hydroxylation is 1. The predicted molar refractivity (Wildman–Crippen MR) is 121 cm³/mol. The summed E-state index contributed by atoms with van der Waals surface area (Å²) in [4.78, 5) is 52.7. The fraction of sp³-hybridized carbons (Fsp3) is 0.304. The molecular formula is C23H26N4O6. The summed E-state index contributed by atoms with van der Waals surface area (Å²) < 4.78 is 13.2. The van der Waals surface area contributed by atoms with Gasteiger partial charge in [0.1, 0.15) is 11.4 Å². The lowest BCUT2D eigenvalue weighted by molar-refractivity contribution is -0.119. The number of benzene rings is 1. The number of anilines is 1. The average molecular weight is 454 g/mol. The minimum absolute atomic E-state index is 0.0982. The lowest BCUT2D eigenvalue weighted by Gasteiger charge is -2.07. The number of nitrogens with one attached hydrogen (secondary N) is 2. The van der Waals surface area contributed by atoms with E-state index in [1.165, 1.54) is 4.68 Å². The first-order chi connectivity index (χ1) is 15.7. The molecule has 2 heterocycles. The molecule has 0 spiro atoms. The predicted octanol–water partition coefficient (Wildman–Crippen LogP) is 2.40. The molecule has 0 bridgehead atoms. The van der Waals surface area contributed by atoms with Crippen molar-refractivity contribution in [1.82, 2.24) is 14.3 Å². The minimum atomic E-state index is -0.765. The van der Waals surface area contributed by atoms with Gasteiger partial charge in [0.25, 0.3) is 11.5 Å². The highest BCUT2D eigenvalue weighted by molar-refractivity contribution is 6.00. The molecule has 0 radical (unpaired) electrons. The number of carbonyl (C=O) groups excluding carboxylic acids is 3. The van der Waals surface area contributed by atoms with Gasteiger partial charge in [0, 0.05) is 12.7 Å². The summed E-state index contributed by atoms with van der Waals surface area (Å²) in [6, 6.07) is 9.01. The summed E-state index contributed by atoms with van der Waals surface area (Å²) >= 11 is 0. The summed E-state index contributed by atoms with van der Waals surface area (Å²) in [6.45, 7) is 6.18. The van der Waals surface area contributed by atoms with Gasteiger partial charge in [-0.15, -0.1) is 0 Å². The van der Waals surface area contributed by atoms with Crippen LogP contribution in [0.25, 0.3) is 5.69 Å². The van der Waals surface area contributed by atoms with Crippen LogP contribution in [-0.4, -0.2) is 45.4 Å². The molecule has 0 saturated heterocycles. The summed E-state index contributed by atoms with van der Waals surface area (Å²) in [5.74, 6) is -2.01. The molecular weight excluding hydrogens is 428 g/mol. The van der Waals surface area contributed by atoms with E-state index in [0.717, 1.165) is 0 Å². The Morgan fingerprint density at radius 2 is 1.70 bits per heavy atom. The highest BCUT2D eigenvalue weighted by Gasteiger charge is 2.25. The summed E-state index contributed by atoms with van der Waals surface area (Å²) in [5, 5.41) is 2.53. The van der Waals surface area contributed by atoms with Crippen molar-refractivity contribution < 1.29 is 23.9 Å². The van der Waals surface area contributed by atoms with Crippen LogP contribution >= 0.6 is 0 Å². The third-order valence-corrected chi connectivity index (χ3v) is 5.27. The molecule has 0 aliphatic rings. The number of esters is 2. The lowest BCUT2D eigenvalue weighted by Crippen LogP contribution is -2.26. The van der Waals surface area contributed by atoms with Gasteiger partial charge in [-0.05, 0) is 45.4 Å². The fourth-order valence-corrected chi connectivity index (χ4v) is 3.55. The van der Waals surface area contributed by atoms with Crippen molar-refractivity contribution in [2.75, 3.05) is 18.5 Å². The van der Waals surface area contributed by atoms with E-state index in [1.54, 1.807) is 63.7 Å². The van der Waals surface area contributed by atoms with Crippen molar-refractivity contribution in [3.05, 3.63) is 68.9 Å². The topological polar surface area (TPSA) is 124 Å². The molecule has 2 N–H and O–H groups in total. The SMILES string of the molecule is CCOC(=O)c1[nH]c(C)c(C(=O)OCC(=O)Nc2c(C)n(C)n(-c3ccccc3)c2=O)c1C. The number of para-hydroxylation sites is 1. The molecule has 0 aliphatic heterocycles. The molecule has 3 aromatic rings. The van der Waals surface area contributed by atoms with Crippen LogP contribution in [0.3, 0.4) is 0 Å². The van der Waals surface area contributed by atoms with Gasteiger partial charge in [-0.25, -0.2) is 14.3 Å². The van der Waals surface area contributed by atoms with E-state index in [0.29, 0.717) is 22.6 Å². The Morgan fingerprint density at radius 3 is 2.33 bits per heavy atom. The van der Waals surface area contributed by atoms with Crippen LogP contribution in [0.4, 0.5) is 5.69 Å². The third kappa shape index (κ3) is 4.59. The Balaban J connectivity index is 1.73. The van der Waals surface area contributed by atoms with Crippen LogP contribution in [0.15, 0.2) is 35.1 Å². The summed E-state index contributed by atoms with van der Waals surface area (Å²) in [6.07, 6.45) is 0. The van der Waals surface area contributed by atoms with Gasteiger partial charge in [-0.1, -0.05) is 18.2 Å². The molecule has 0 fully saturated rings. The van der Waals surface area contributed by atoms with Gasteiger partial charge < -0.3 is 19.8 Å². The number of rotatable bonds is 7. The first-order valence-corrected chi connectivity index (χ1v) is 10.3. The first kappa shape index (κ1) is 23.6. The average Bonchev–Trinajstić information content (AvgIpc) is 3.20. The van der Waals surface area contributed by atoms with Crippen LogP contribution < -0.4 is 10.9 Å². The molecule has 10 nitrogen and oxygen atoms in total. The van der Waals surface area contributed by atoms with E-state index in [4.69, 9.17) is 9.47 Å². The van der Waals surface area contributed by atoms with Gasteiger partial charge in [0.15, 0.2) is 6.61 Å². The number of carbonyl (C=O) groups is 3. The van der Waals surface area contributed by atoms with E-state index in [-0.39, 0.29) is 23.6 Å². The number of aromatic amines is 1. The second-order valence-corrected chi connectivity index (χ2v) is 7.41. The maximum Gasteiger partial charge on any atom is 0.355 e. The van der Waals surface area contributed by atoms with Crippen molar-refractivity contribution in [1.29, 1.82) is 0 Å². The summed E-state index contributed by atoms with van der Waals surface area (Å²) in [7, 11) is 1.71. The maximum absolute atomic E-state index is 12.9. The zero-order valence-electron chi connectivity index (χ0n) is 19.1. The molecule has 0 atom stereocenters. The largest absolute Gasteiger partial charge is 0.461 e. The Morgan fingerprint density at radius 1 is 1.03 bits per heavy atom. The van der Waals surface area contributed by atoms with Crippen molar-refractivity contribution in [2.45, 2.75) is 27.7 Å². The zero-order chi connectivity index (χ0) is 24.3. The number of nitrogens with zero attached hydrogens (tertiary/aromatic N) is 2. The van der Waals surface area contributed by atoms with E-state index in [2.05, 4.69) is 10.3 Å². The Kier molecular flexibility index (Phi) is 6.86. The second-order valence-electron chi connectivity index (χ2n) is 7.41. The van der Waals surface area contributed by atoms with E-state index in [1.807, 2.05) is 6.07 Å². The summed E-state index contributed by atoms with van der Waals surface area (Å²) in [5.41, 5.74) is 2.00. The Hall–Kier alpha value is -4.08. The van der Waals surface area contributed by atoms with E-state index < -0.39 is 30.0 Å². The highest BCUT2D eigenvalue weighted by atomic mass is 16.5. The molecule has 0 unspecified atom stereocenters. The molecule has 1 aromatic carbocycles. The van der Waals surface area contributed by atoms with Gasteiger partial charge in [0.2, 0.25) is 0 Å². The third-order valence-electron chi connectivity index (χ3n) is 5.27. The molecule has 3 rings (SSSR count). The van der Waals surface area contributed by atoms with Gasteiger partial charge >= 0.3 is 11.9 Å². The van der Waals surface area contributed by atoms with Gasteiger partial charge in [-0.3, -0.25) is 14.3 Å². The quantitative estimate of drug-likeness (QED) is 0.528. The van der Waals surface area contributed by atoms with E-state index >= 15 is 0 Å². The second kappa shape index (κ2) is 9.60. The Bertz CT molecular complexity index is 1270. The van der Waals surface area contributed by atoms with Crippen molar-refractivity contribution >= 4 is 23.5 Å². The number of amides is 1. The Labute approximate surface area is 190 Å². The smallest absolute Gasteiger partial charge is 0.355 e. The molecule has 0 saturated carbocycles. The van der Waals surface area contributed by atoms with Crippen LogP contribution in [0, 0.1) is 20.8 Å². The van der Waals surface area contributed by atoms with Crippen molar-refractivity contribution in [3.63, 3.8) is 0 Å². The van der Waals surface area contributed by atoms with Crippen molar-refractivity contribution in [2.24, 2.45) is 7.05 Å². The molecule has 33 heavy (non-hydrogen) atoms. The van der Waals surface area contributed by atoms with Crippen LogP contribution in [0.1, 0.15) is 44.7 Å². The normalized spacial score (nSPS) is 10.7. The number of hydrogen-bond donors (Lipinski definition) is 2. The van der Waals surface area contributed by atoms with Crippen LogP contribution in [0.5, 0.6) is 0 Å². The number of ether oxygens (including phenoxy) is 2. The maximum atomic E-state index is 12.9. The molecule has 10 heteroatoms. The van der Waals surface area contributed by atoms with Gasteiger partial charge in [0.05, 0.1) is 23.6 Å². The zero-order valence-corrected chi connectivity index (χ0v) is 19.1. The number of H-pyrrole nitrogens is 1. The van der Waals surface area contributed by atoms with Crippen molar-refractivity contribution in [3.8, 4) is 5.69 Å². The first-order valence-electron chi connectivity index (χ1n) is 10.3.